The van der Waals surface area contributed by atoms with Crippen molar-refractivity contribution in [3.8, 4) is 6.07 Å². The van der Waals surface area contributed by atoms with Crippen molar-refractivity contribution in [3.05, 3.63) is 51.6 Å². The van der Waals surface area contributed by atoms with E-state index in [0.29, 0.717) is 22.1 Å². The van der Waals surface area contributed by atoms with Crippen LogP contribution in [0.3, 0.4) is 0 Å². The molecule has 18 heavy (non-hydrogen) atoms. The largest absolute Gasteiger partial charge is 0.338 e. The Labute approximate surface area is 115 Å². The van der Waals surface area contributed by atoms with E-state index in [2.05, 4.69) is 10.3 Å². The van der Waals surface area contributed by atoms with Crippen molar-refractivity contribution in [2.75, 3.05) is 5.32 Å². The van der Waals surface area contributed by atoms with Crippen molar-refractivity contribution in [1.82, 2.24) is 4.98 Å². The maximum absolute atomic E-state index is 8.89. The number of anilines is 2. The summed E-state index contributed by atoms with van der Waals surface area (Å²) in [5.41, 5.74) is 2.15. The third-order valence-corrected chi connectivity index (χ3v) is 3.10. The first kappa shape index (κ1) is 12.7. The number of benzene rings is 1. The quantitative estimate of drug-likeness (QED) is 0.890. The summed E-state index contributed by atoms with van der Waals surface area (Å²) in [6.07, 6.45) is 1.52. The molecule has 0 amide bonds. The van der Waals surface area contributed by atoms with Crippen molar-refractivity contribution in [2.24, 2.45) is 0 Å². The molecule has 3 nitrogen and oxygen atoms in total. The molecule has 0 aliphatic carbocycles. The molecule has 1 N–H and O–H groups in total. The zero-order valence-electron chi connectivity index (χ0n) is 9.54. The van der Waals surface area contributed by atoms with Crippen molar-refractivity contribution in [1.29, 1.82) is 5.26 Å². The summed E-state index contributed by atoms with van der Waals surface area (Å²) in [5.74, 6) is 0.420. The summed E-state index contributed by atoms with van der Waals surface area (Å²) in [7, 11) is 0. The van der Waals surface area contributed by atoms with Crippen LogP contribution < -0.4 is 5.32 Å². The van der Waals surface area contributed by atoms with Crippen molar-refractivity contribution >= 4 is 34.7 Å². The van der Waals surface area contributed by atoms with Gasteiger partial charge >= 0.3 is 0 Å². The maximum Gasteiger partial charge on any atom is 0.150 e. The standard InChI is InChI=1S/C13H9Cl2N3/c1-8-2-3-10(14)11(6-8)18-13-12(15)9(7-16)4-5-17-13/h2-6H,1H3,(H,17,18). The number of hydrogen-bond acceptors (Lipinski definition) is 3. The number of aryl methyl sites for hydroxylation is 1. The van der Waals surface area contributed by atoms with Crippen LogP contribution in [0, 0.1) is 18.3 Å². The highest BCUT2D eigenvalue weighted by Crippen LogP contribution is 2.30. The number of nitriles is 1. The van der Waals surface area contributed by atoms with Gasteiger partial charge in [0.2, 0.25) is 0 Å². The van der Waals surface area contributed by atoms with Crippen LogP contribution in [0.25, 0.3) is 0 Å². The number of hydrogen-bond donors (Lipinski definition) is 1. The lowest BCUT2D eigenvalue weighted by Crippen LogP contribution is -1.97. The van der Waals surface area contributed by atoms with E-state index in [1.165, 1.54) is 6.20 Å². The molecule has 1 aromatic heterocycles. The Morgan fingerprint density at radius 2 is 2.06 bits per heavy atom. The van der Waals surface area contributed by atoms with Crippen LogP contribution in [0.15, 0.2) is 30.5 Å². The zero-order chi connectivity index (χ0) is 13.1. The Balaban J connectivity index is 2.41. The summed E-state index contributed by atoms with van der Waals surface area (Å²) in [5, 5.41) is 12.8. The highest BCUT2D eigenvalue weighted by atomic mass is 35.5. The van der Waals surface area contributed by atoms with Gasteiger partial charge < -0.3 is 5.32 Å². The van der Waals surface area contributed by atoms with E-state index in [4.69, 9.17) is 28.5 Å². The molecule has 0 unspecified atom stereocenters. The molecule has 0 aliphatic heterocycles. The van der Waals surface area contributed by atoms with Gasteiger partial charge in [0.25, 0.3) is 0 Å². The van der Waals surface area contributed by atoms with E-state index in [0.717, 1.165) is 5.56 Å². The van der Waals surface area contributed by atoms with Crippen molar-refractivity contribution < 1.29 is 0 Å². The van der Waals surface area contributed by atoms with Gasteiger partial charge in [0.1, 0.15) is 11.1 Å². The Bertz CT molecular complexity index is 633. The molecule has 0 saturated carbocycles. The predicted molar refractivity (Wildman–Crippen MR) is 73.4 cm³/mol. The summed E-state index contributed by atoms with van der Waals surface area (Å²) in [6.45, 7) is 1.96. The number of aromatic nitrogens is 1. The van der Waals surface area contributed by atoms with E-state index >= 15 is 0 Å². The highest BCUT2D eigenvalue weighted by molar-refractivity contribution is 6.35. The normalized spacial score (nSPS) is 9.89. The Morgan fingerprint density at radius 3 is 2.78 bits per heavy atom. The molecule has 0 radical (unpaired) electrons. The first-order valence-electron chi connectivity index (χ1n) is 5.19. The molecule has 0 saturated heterocycles. The summed E-state index contributed by atoms with van der Waals surface area (Å²) in [4.78, 5) is 4.10. The Kier molecular flexibility index (Phi) is 3.71. The van der Waals surface area contributed by atoms with Crippen LogP contribution in [0.2, 0.25) is 10.0 Å². The van der Waals surface area contributed by atoms with Crippen LogP contribution in [-0.4, -0.2) is 4.98 Å². The lowest BCUT2D eigenvalue weighted by molar-refractivity contribution is 1.29. The molecular formula is C13H9Cl2N3. The first-order chi connectivity index (χ1) is 8.61. The molecule has 2 rings (SSSR count). The van der Waals surface area contributed by atoms with Gasteiger partial charge in [-0.1, -0.05) is 29.3 Å². The molecule has 0 bridgehead atoms. The van der Waals surface area contributed by atoms with E-state index in [1.807, 2.05) is 25.1 Å². The summed E-state index contributed by atoms with van der Waals surface area (Å²) in [6, 6.07) is 9.16. The number of rotatable bonds is 2. The lowest BCUT2D eigenvalue weighted by Gasteiger charge is -2.10. The number of pyridine rings is 1. The fourth-order valence-electron chi connectivity index (χ4n) is 1.48. The second kappa shape index (κ2) is 5.26. The van der Waals surface area contributed by atoms with Crippen molar-refractivity contribution in [3.63, 3.8) is 0 Å². The molecule has 5 heteroatoms. The van der Waals surface area contributed by atoms with Gasteiger partial charge in [-0.15, -0.1) is 0 Å². The fraction of sp³-hybridized carbons (Fsp3) is 0.0769. The van der Waals surface area contributed by atoms with Gasteiger partial charge in [-0.2, -0.15) is 5.26 Å². The average molecular weight is 278 g/mol. The van der Waals surface area contributed by atoms with Gasteiger partial charge in [-0.05, 0) is 30.7 Å². The van der Waals surface area contributed by atoms with Crippen molar-refractivity contribution in [2.45, 2.75) is 6.92 Å². The van der Waals surface area contributed by atoms with Crippen LogP contribution in [0.1, 0.15) is 11.1 Å². The maximum atomic E-state index is 8.89. The molecular weight excluding hydrogens is 269 g/mol. The van der Waals surface area contributed by atoms with E-state index < -0.39 is 0 Å². The SMILES string of the molecule is Cc1ccc(Cl)c(Nc2nccc(C#N)c2Cl)c1. The molecule has 1 heterocycles. The zero-order valence-corrected chi connectivity index (χ0v) is 11.0. The van der Waals surface area contributed by atoms with Gasteiger partial charge in [0, 0.05) is 6.20 Å². The molecule has 0 atom stereocenters. The lowest BCUT2D eigenvalue weighted by atomic mass is 10.2. The van der Waals surface area contributed by atoms with Gasteiger partial charge in [0.05, 0.1) is 16.3 Å². The minimum absolute atomic E-state index is 0.289. The topological polar surface area (TPSA) is 48.7 Å². The average Bonchev–Trinajstić information content (AvgIpc) is 2.36. The fourth-order valence-corrected chi connectivity index (χ4v) is 1.85. The van der Waals surface area contributed by atoms with E-state index in [-0.39, 0.29) is 5.02 Å². The second-order valence-electron chi connectivity index (χ2n) is 3.74. The van der Waals surface area contributed by atoms with Crippen LogP contribution in [0.5, 0.6) is 0 Å². The molecule has 0 spiro atoms. The Hall–Kier alpha value is -1.76. The summed E-state index contributed by atoms with van der Waals surface area (Å²) >= 11 is 12.1. The van der Waals surface area contributed by atoms with Gasteiger partial charge in [-0.3, -0.25) is 0 Å². The number of halogens is 2. The molecule has 0 aliphatic rings. The monoisotopic (exact) mass is 277 g/mol. The smallest absolute Gasteiger partial charge is 0.150 e. The Morgan fingerprint density at radius 1 is 1.28 bits per heavy atom. The molecule has 90 valence electrons. The van der Waals surface area contributed by atoms with Crippen LogP contribution in [-0.2, 0) is 0 Å². The minimum Gasteiger partial charge on any atom is -0.338 e. The van der Waals surface area contributed by atoms with Crippen LogP contribution >= 0.6 is 23.2 Å². The van der Waals surface area contributed by atoms with Crippen LogP contribution in [0.4, 0.5) is 11.5 Å². The van der Waals surface area contributed by atoms with Gasteiger partial charge in [-0.25, -0.2) is 4.98 Å². The minimum atomic E-state index is 0.289. The summed E-state index contributed by atoms with van der Waals surface area (Å²) < 4.78 is 0. The number of nitrogens with one attached hydrogen (secondary N) is 1. The molecule has 0 fully saturated rings. The second-order valence-corrected chi connectivity index (χ2v) is 4.53. The number of nitrogens with zero attached hydrogens (tertiary/aromatic N) is 2. The van der Waals surface area contributed by atoms with E-state index in [1.54, 1.807) is 12.1 Å². The first-order valence-corrected chi connectivity index (χ1v) is 5.95. The predicted octanol–water partition coefficient (Wildman–Crippen LogP) is 4.31. The third kappa shape index (κ3) is 2.56. The molecule has 1 aromatic carbocycles. The molecule has 2 aromatic rings. The van der Waals surface area contributed by atoms with E-state index in [9.17, 15) is 0 Å². The third-order valence-electron chi connectivity index (χ3n) is 2.38. The van der Waals surface area contributed by atoms with Gasteiger partial charge in [0.15, 0.2) is 5.82 Å². The highest BCUT2D eigenvalue weighted by Gasteiger charge is 2.09.